The van der Waals surface area contributed by atoms with Gasteiger partial charge in [-0.15, -0.1) is 0 Å². The van der Waals surface area contributed by atoms with Gasteiger partial charge in [0.25, 0.3) is 0 Å². The van der Waals surface area contributed by atoms with Crippen LogP contribution in [-0.4, -0.2) is 6.54 Å². The fraction of sp³-hybridized carbons (Fsp3) is 0.733. The van der Waals surface area contributed by atoms with Crippen molar-refractivity contribution in [2.75, 3.05) is 6.54 Å². The molecule has 1 N–H and O–H groups in total. The first-order valence-electron chi connectivity index (χ1n) is 6.91. The van der Waals surface area contributed by atoms with Gasteiger partial charge in [0.1, 0.15) is 0 Å². The van der Waals surface area contributed by atoms with E-state index in [2.05, 4.69) is 43.8 Å². The summed E-state index contributed by atoms with van der Waals surface area (Å²) >= 11 is 1.83. The fourth-order valence-corrected chi connectivity index (χ4v) is 3.05. The number of rotatable bonds is 8. The van der Waals surface area contributed by atoms with Crippen LogP contribution in [0.3, 0.4) is 0 Å². The Bertz CT molecular complexity index is 304. The highest BCUT2D eigenvalue weighted by molar-refractivity contribution is 7.08. The van der Waals surface area contributed by atoms with Crippen LogP contribution < -0.4 is 5.32 Å². The van der Waals surface area contributed by atoms with Crippen LogP contribution in [0, 0.1) is 12.8 Å². The zero-order chi connectivity index (χ0) is 12.7. The minimum absolute atomic E-state index is 0.569. The lowest BCUT2D eigenvalue weighted by Crippen LogP contribution is -2.22. The number of aryl methyl sites for hydroxylation is 1. The average molecular weight is 253 g/mol. The second kappa shape index (κ2) is 7.88. The van der Waals surface area contributed by atoms with E-state index in [9.17, 15) is 0 Å². The van der Waals surface area contributed by atoms with E-state index in [1.807, 2.05) is 11.3 Å². The van der Waals surface area contributed by atoms with Crippen LogP contribution in [0.1, 0.15) is 63.6 Å². The highest BCUT2D eigenvalue weighted by Gasteiger charge is 2.13. The molecular formula is C15H27NS. The van der Waals surface area contributed by atoms with Crippen molar-refractivity contribution in [3.8, 4) is 0 Å². The number of nitrogens with one attached hydrogen (secondary N) is 1. The molecule has 1 rings (SSSR count). The molecule has 1 heterocycles. The summed E-state index contributed by atoms with van der Waals surface area (Å²) in [6.07, 6.45) is 5.15. The molecule has 0 aliphatic carbocycles. The van der Waals surface area contributed by atoms with Crippen LogP contribution in [0.5, 0.6) is 0 Å². The monoisotopic (exact) mass is 253 g/mol. The summed E-state index contributed by atoms with van der Waals surface area (Å²) in [7, 11) is 0. The maximum absolute atomic E-state index is 3.69. The first-order chi connectivity index (χ1) is 8.15. The molecule has 17 heavy (non-hydrogen) atoms. The molecule has 0 fully saturated rings. The van der Waals surface area contributed by atoms with E-state index < -0.39 is 0 Å². The minimum Gasteiger partial charge on any atom is -0.310 e. The molecule has 0 aromatic carbocycles. The highest BCUT2D eigenvalue weighted by Crippen LogP contribution is 2.26. The molecule has 1 atom stereocenters. The van der Waals surface area contributed by atoms with Gasteiger partial charge in [0.15, 0.2) is 0 Å². The van der Waals surface area contributed by atoms with Gasteiger partial charge in [0.2, 0.25) is 0 Å². The Kier molecular flexibility index (Phi) is 6.83. The third kappa shape index (κ3) is 5.22. The van der Waals surface area contributed by atoms with Gasteiger partial charge >= 0.3 is 0 Å². The van der Waals surface area contributed by atoms with Gasteiger partial charge in [-0.2, -0.15) is 11.3 Å². The number of thiophene rings is 1. The lowest BCUT2D eigenvalue weighted by molar-refractivity contribution is 0.447. The van der Waals surface area contributed by atoms with Gasteiger partial charge < -0.3 is 5.32 Å². The molecule has 0 radical (unpaired) electrons. The predicted octanol–water partition coefficient (Wildman–Crippen LogP) is 4.92. The molecule has 1 nitrogen and oxygen atoms in total. The summed E-state index contributed by atoms with van der Waals surface area (Å²) < 4.78 is 0. The van der Waals surface area contributed by atoms with Gasteiger partial charge in [0.05, 0.1) is 0 Å². The van der Waals surface area contributed by atoms with E-state index in [0.29, 0.717) is 6.04 Å². The topological polar surface area (TPSA) is 12.0 Å². The Morgan fingerprint density at radius 2 is 2.00 bits per heavy atom. The van der Waals surface area contributed by atoms with Crippen molar-refractivity contribution in [1.82, 2.24) is 5.32 Å². The molecule has 1 aromatic rings. The molecular weight excluding hydrogens is 226 g/mol. The Morgan fingerprint density at radius 1 is 1.24 bits per heavy atom. The van der Waals surface area contributed by atoms with Gasteiger partial charge in [-0.3, -0.25) is 0 Å². The summed E-state index contributed by atoms with van der Waals surface area (Å²) in [5, 5.41) is 8.27. The lowest BCUT2D eigenvalue weighted by atomic mass is 9.98. The molecule has 1 aromatic heterocycles. The summed E-state index contributed by atoms with van der Waals surface area (Å²) in [6.45, 7) is 10.2. The van der Waals surface area contributed by atoms with E-state index in [0.717, 1.165) is 12.5 Å². The van der Waals surface area contributed by atoms with E-state index in [-0.39, 0.29) is 0 Å². The number of hydrogen-bond acceptors (Lipinski definition) is 2. The third-order valence-electron chi connectivity index (χ3n) is 3.19. The molecule has 0 spiro atoms. The van der Waals surface area contributed by atoms with Crippen LogP contribution in [-0.2, 0) is 0 Å². The molecule has 0 bridgehead atoms. The molecule has 0 saturated heterocycles. The third-order valence-corrected chi connectivity index (χ3v) is 4.07. The van der Waals surface area contributed by atoms with Crippen molar-refractivity contribution >= 4 is 11.3 Å². The SMILES string of the molecule is CCCNC(CCCC(C)C)c1cscc1C. The van der Waals surface area contributed by atoms with Gasteiger partial charge in [0, 0.05) is 6.04 Å². The zero-order valence-electron chi connectivity index (χ0n) is 11.8. The van der Waals surface area contributed by atoms with Gasteiger partial charge in [-0.1, -0.05) is 33.6 Å². The summed E-state index contributed by atoms with van der Waals surface area (Å²) in [5.41, 5.74) is 2.97. The summed E-state index contributed by atoms with van der Waals surface area (Å²) in [6, 6.07) is 0.569. The van der Waals surface area contributed by atoms with Gasteiger partial charge in [-0.05, 0) is 54.1 Å². The van der Waals surface area contributed by atoms with Gasteiger partial charge in [-0.25, -0.2) is 0 Å². The maximum atomic E-state index is 3.69. The molecule has 98 valence electrons. The quantitative estimate of drug-likeness (QED) is 0.693. The Labute approximate surface area is 111 Å². The lowest BCUT2D eigenvalue weighted by Gasteiger charge is -2.19. The molecule has 0 amide bonds. The normalized spacial score (nSPS) is 13.2. The van der Waals surface area contributed by atoms with E-state index in [1.165, 1.54) is 36.8 Å². The zero-order valence-corrected chi connectivity index (χ0v) is 12.6. The average Bonchev–Trinajstić information content (AvgIpc) is 2.69. The van der Waals surface area contributed by atoms with Crippen LogP contribution in [0.4, 0.5) is 0 Å². The van der Waals surface area contributed by atoms with Crippen LogP contribution in [0.25, 0.3) is 0 Å². The Morgan fingerprint density at radius 3 is 2.53 bits per heavy atom. The van der Waals surface area contributed by atoms with Crippen molar-refractivity contribution < 1.29 is 0 Å². The summed E-state index contributed by atoms with van der Waals surface area (Å²) in [4.78, 5) is 0. The van der Waals surface area contributed by atoms with Crippen molar-refractivity contribution in [3.05, 3.63) is 21.9 Å². The van der Waals surface area contributed by atoms with Crippen molar-refractivity contribution in [3.63, 3.8) is 0 Å². The maximum Gasteiger partial charge on any atom is 0.0331 e. The van der Waals surface area contributed by atoms with E-state index in [4.69, 9.17) is 0 Å². The second-order valence-corrected chi connectivity index (χ2v) is 6.09. The van der Waals surface area contributed by atoms with E-state index >= 15 is 0 Å². The summed E-state index contributed by atoms with van der Waals surface area (Å²) in [5.74, 6) is 0.824. The van der Waals surface area contributed by atoms with Crippen molar-refractivity contribution in [2.24, 2.45) is 5.92 Å². The molecule has 2 heteroatoms. The molecule has 1 unspecified atom stereocenters. The predicted molar refractivity (Wildman–Crippen MR) is 78.8 cm³/mol. The minimum atomic E-state index is 0.569. The molecule has 0 aliphatic heterocycles. The smallest absolute Gasteiger partial charge is 0.0331 e. The molecule has 0 aliphatic rings. The standard InChI is InChI=1S/C15H27NS/c1-5-9-16-15(8-6-7-12(2)3)14-11-17-10-13(14)4/h10-12,15-16H,5-9H2,1-4H3. The van der Waals surface area contributed by atoms with Crippen molar-refractivity contribution in [1.29, 1.82) is 0 Å². The van der Waals surface area contributed by atoms with Crippen LogP contribution in [0.15, 0.2) is 10.8 Å². The first kappa shape index (κ1) is 14.7. The van der Waals surface area contributed by atoms with Crippen molar-refractivity contribution in [2.45, 2.75) is 59.4 Å². The second-order valence-electron chi connectivity index (χ2n) is 5.34. The largest absolute Gasteiger partial charge is 0.310 e. The fourth-order valence-electron chi connectivity index (χ4n) is 2.14. The molecule has 0 saturated carbocycles. The van der Waals surface area contributed by atoms with E-state index in [1.54, 1.807) is 0 Å². The Balaban J connectivity index is 2.52. The highest BCUT2D eigenvalue weighted by atomic mass is 32.1. The first-order valence-corrected chi connectivity index (χ1v) is 7.85. The van der Waals surface area contributed by atoms with Crippen LogP contribution in [0.2, 0.25) is 0 Å². The Hall–Kier alpha value is -0.340. The number of hydrogen-bond donors (Lipinski definition) is 1. The van der Waals surface area contributed by atoms with Crippen LogP contribution >= 0.6 is 11.3 Å².